The van der Waals surface area contributed by atoms with Crippen molar-refractivity contribution in [2.75, 3.05) is 11.1 Å². The van der Waals surface area contributed by atoms with Gasteiger partial charge in [-0.3, -0.25) is 5.41 Å². The van der Waals surface area contributed by atoms with E-state index in [0.717, 1.165) is 29.8 Å². The monoisotopic (exact) mass is 335 g/mol. The van der Waals surface area contributed by atoms with Crippen molar-refractivity contribution in [3.8, 4) is 0 Å². The van der Waals surface area contributed by atoms with Crippen molar-refractivity contribution in [3.63, 3.8) is 0 Å². The molecule has 0 atom stereocenters. The van der Waals surface area contributed by atoms with Crippen molar-refractivity contribution in [1.82, 2.24) is 5.32 Å². The molecule has 0 saturated heterocycles. The molecule has 23 heavy (non-hydrogen) atoms. The SMILES string of the molecule is CCSC(=N)Nc1cccc(C2(NC(=O)OC(C)(C)C)CC2)c1. The number of anilines is 1. The molecule has 0 radical (unpaired) electrons. The summed E-state index contributed by atoms with van der Waals surface area (Å²) in [5.74, 6) is 0.857. The van der Waals surface area contributed by atoms with Crippen molar-refractivity contribution >= 4 is 28.7 Å². The standard InChI is InChI=1S/C17H25N3O2S/c1-5-23-14(18)19-13-8-6-7-12(11-13)17(9-10-17)20-15(21)22-16(2,3)4/h6-8,11H,5,9-10H2,1-4H3,(H2,18,19)(H,20,21). The van der Waals surface area contributed by atoms with Gasteiger partial charge in [0.1, 0.15) is 5.60 Å². The minimum atomic E-state index is -0.504. The number of ether oxygens (including phenoxy) is 1. The van der Waals surface area contributed by atoms with E-state index in [1.807, 2.05) is 52.0 Å². The molecule has 1 aliphatic rings. The van der Waals surface area contributed by atoms with Gasteiger partial charge < -0.3 is 15.4 Å². The molecule has 1 saturated carbocycles. The number of alkyl carbamates (subject to hydrolysis) is 1. The fourth-order valence-corrected chi connectivity index (χ4v) is 2.79. The second-order valence-electron chi connectivity index (χ2n) is 6.68. The molecule has 6 heteroatoms. The van der Waals surface area contributed by atoms with Gasteiger partial charge in [0.15, 0.2) is 5.17 Å². The second-order valence-corrected chi connectivity index (χ2v) is 7.95. The van der Waals surface area contributed by atoms with Crippen LogP contribution in [0.5, 0.6) is 0 Å². The van der Waals surface area contributed by atoms with Crippen molar-refractivity contribution in [3.05, 3.63) is 29.8 Å². The lowest BCUT2D eigenvalue weighted by molar-refractivity contribution is 0.0495. The fourth-order valence-electron chi connectivity index (χ4n) is 2.32. The first kappa shape index (κ1) is 17.7. The molecule has 2 rings (SSSR count). The van der Waals surface area contributed by atoms with Crippen LogP contribution in [0.25, 0.3) is 0 Å². The number of rotatable bonds is 4. The van der Waals surface area contributed by atoms with Crippen LogP contribution >= 0.6 is 11.8 Å². The Labute approximate surface area is 142 Å². The van der Waals surface area contributed by atoms with Crippen molar-refractivity contribution in [2.24, 2.45) is 0 Å². The molecule has 5 nitrogen and oxygen atoms in total. The molecular formula is C17H25N3O2S. The third kappa shape index (κ3) is 5.16. The summed E-state index contributed by atoms with van der Waals surface area (Å²) < 4.78 is 5.36. The number of amidine groups is 1. The molecule has 0 spiro atoms. The van der Waals surface area contributed by atoms with Crippen LogP contribution in [-0.2, 0) is 10.3 Å². The Morgan fingerprint density at radius 2 is 2.09 bits per heavy atom. The van der Waals surface area contributed by atoms with Crippen LogP contribution in [0.2, 0.25) is 0 Å². The number of amides is 1. The summed E-state index contributed by atoms with van der Waals surface area (Å²) in [6, 6.07) is 7.87. The molecule has 0 aromatic heterocycles. The first-order valence-electron chi connectivity index (χ1n) is 7.84. The Bertz CT molecular complexity index is 592. The smallest absolute Gasteiger partial charge is 0.408 e. The van der Waals surface area contributed by atoms with Crippen molar-refractivity contribution in [2.45, 2.75) is 51.7 Å². The zero-order chi connectivity index (χ0) is 17.1. The molecular weight excluding hydrogens is 310 g/mol. The van der Waals surface area contributed by atoms with Gasteiger partial charge in [0, 0.05) is 5.69 Å². The van der Waals surface area contributed by atoms with Gasteiger partial charge in [0.05, 0.1) is 5.54 Å². The Morgan fingerprint density at radius 3 is 2.65 bits per heavy atom. The quantitative estimate of drug-likeness (QED) is 0.566. The van der Waals surface area contributed by atoms with Crippen LogP contribution in [0, 0.1) is 5.41 Å². The molecule has 1 amide bonds. The number of benzene rings is 1. The molecule has 126 valence electrons. The van der Waals surface area contributed by atoms with Gasteiger partial charge in [0.2, 0.25) is 0 Å². The van der Waals surface area contributed by atoms with Gasteiger partial charge in [-0.1, -0.05) is 30.8 Å². The van der Waals surface area contributed by atoms with E-state index in [2.05, 4.69) is 10.6 Å². The third-order valence-corrected chi connectivity index (χ3v) is 4.13. The van der Waals surface area contributed by atoms with E-state index in [1.54, 1.807) is 0 Å². The fraction of sp³-hybridized carbons (Fsp3) is 0.529. The van der Waals surface area contributed by atoms with Crippen LogP contribution in [-0.4, -0.2) is 22.6 Å². The highest BCUT2D eigenvalue weighted by Crippen LogP contribution is 2.46. The highest BCUT2D eigenvalue weighted by molar-refractivity contribution is 8.14. The summed E-state index contributed by atoms with van der Waals surface area (Å²) in [5, 5.41) is 14.3. The van der Waals surface area contributed by atoms with Gasteiger partial charge in [-0.15, -0.1) is 0 Å². The summed E-state index contributed by atoms with van der Waals surface area (Å²) in [5.41, 5.74) is 1.07. The predicted molar refractivity (Wildman–Crippen MR) is 96.2 cm³/mol. The molecule has 1 fully saturated rings. The second kappa shape index (κ2) is 6.83. The third-order valence-electron chi connectivity index (χ3n) is 3.45. The average Bonchev–Trinajstić information content (AvgIpc) is 3.17. The summed E-state index contributed by atoms with van der Waals surface area (Å²) in [6.45, 7) is 7.58. The predicted octanol–water partition coefficient (Wildman–Crippen LogP) is 4.30. The normalized spacial score (nSPS) is 15.7. The zero-order valence-corrected chi connectivity index (χ0v) is 15.0. The van der Waals surface area contributed by atoms with Crippen LogP contribution in [0.15, 0.2) is 24.3 Å². The maximum atomic E-state index is 12.0. The van der Waals surface area contributed by atoms with E-state index >= 15 is 0 Å². The number of carbonyl (C=O) groups is 1. The lowest BCUT2D eigenvalue weighted by atomic mass is 10.0. The number of hydrogen-bond acceptors (Lipinski definition) is 4. The highest BCUT2D eigenvalue weighted by Gasteiger charge is 2.46. The van der Waals surface area contributed by atoms with E-state index in [9.17, 15) is 4.79 Å². The number of thioether (sulfide) groups is 1. The van der Waals surface area contributed by atoms with Crippen molar-refractivity contribution < 1.29 is 9.53 Å². The van der Waals surface area contributed by atoms with Crippen LogP contribution < -0.4 is 10.6 Å². The van der Waals surface area contributed by atoms with E-state index in [0.29, 0.717) is 5.17 Å². The van der Waals surface area contributed by atoms with Gasteiger partial charge in [0.25, 0.3) is 0 Å². The number of hydrogen-bond donors (Lipinski definition) is 3. The summed E-state index contributed by atoms with van der Waals surface area (Å²) in [6.07, 6.45) is 1.41. The molecule has 0 unspecified atom stereocenters. The molecule has 3 N–H and O–H groups in total. The lowest BCUT2D eigenvalue weighted by Gasteiger charge is -2.24. The van der Waals surface area contributed by atoms with Gasteiger partial charge in [-0.05, 0) is 57.1 Å². The van der Waals surface area contributed by atoms with E-state index < -0.39 is 5.60 Å². The van der Waals surface area contributed by atoms with E-state index in [1.165, 1.54) is 11.8 Å². The lowest BCUT2D eigenvalue weighted by Crippen LogP contribution is -2.39. The zero-order valence-electron chi connectivity index (χ0n) is 14.2. The topological polar surface area (TPSA) is 74.2 Å². The van der Waals surface area contributed by atoms with Gasteiger partial charge >= 0.3 is 6.09 Å². The Balaban J connectivity index is 2.06. The summed E-state index contributed by atoms with van der Waals surface area (Å²) in [4.78, 5) is 12.0. The minimum absolute atomic E-state index is 0.333. The molecule has 0 aliphatic heterocycles. The summed E-state index contributed by atoms with van der Waals surface area (Å²) in [7, 11) is 0. The molecule has 1 aliphatic carbocycles. The maximum absolute atomic E-state index is 12.0. The Morgan fingerprint density at radius 1 is 1.39 bits per heavy atom. The largest absolute Gasteiger partial charge is 0.444 e. The molecule has 1 aromatic rings. The van der Waals surface area contributed by atoms with Crippen LogP contribution in [0.3, 0.4) is 0 Å². The molecule has 1 aromatic carbocycles. The van der Waals surface area contributed by atoms with Gasteiger partial charge in [-0.2, -0.15) is 0 Å². The molecule has 0 heterocycles. The average molecular weight is 335 g/mol. The first-order valence-corrected chi connectivity index (χ1v) is 8.83. The maximum Gasteiger partial charge on any atom is 0.408 e. The molecule has 0 bridgehead atoms. The highest BCUT2D eigenvalue weighted by atomic mass is 32.2. The van der Waals surface area contributed by atoms with E-state index in [4.69, 9.17) is 10.1 Å². The number of nitrogens with one attached hydrogen (secondary N) is 3. The van der Waals surface area contributed by atoms with Crippen LogP contribution in [0.1, 0.15) is 46.1 Å². The van der Waals surface area contributed by atoms with Crippen molar-refractivity contribution in [1.29, 1.82) is 5.41 Å². The summed E-state index contributed by atoms with van der Waals surface area (Å²) >= 11 is 1.45. The first-order chi connectivity index (χ1) is 10.7. The van der Waals surface area contributed by atoms with Crippen LogP contribution in [0.4, 0.5) is 10.5 Å². The Hall–Kier alpha value is -1.69. The Kier molecular flexibility index (Phi) is 5.24. The number of carbonyl (C=O) groups excluding carboxylic acids is 1. The van der Waals surface area contributed by atoms with E-state index in [-0.39, 0.29) is 11.6 Å². The minimum Gasteiger partial charge on any atom is -0.444 e. The van der Waals surface area contributed by atoms with Gasteiger partial charge in [-0.25, -0.2) is 4.79 Å².